The Morgan fingerprint density at radius 1 is 1.13 bits per heavy atom. The number of rotatable bonds is 4. The van der Waals surface area contributed by atoms with Gasteiger partial charge in [-0.2, -0.15) is 0 Å². The van der Waals surface area contributed by atoms with Gasteiger partial charge in [0.1, 0.15) is 0 Å². The summed E-state index contributed by atoms with van der Waals surface area (Å²) in [5.41, 5.74) is 4.46. The standard InChI is InChI=1S/C11H18N3O/c1-7-9(12-2)5-8(6-15)11(14-4)10(7)13-3/h5,12-15H,1,6H2,2-4H3. The van der Waals surface area contributed by atoms with Crippen molar-refractivity contribution in [2.45, 2.75) is 6.61 Å². The zero-order chi connectivity index (χ0) is 11.4. The van der Waals surface area contributed by atoms with Crippen molar-refractivity contribution in [2.75, 3.05) is 37.1 Å². The molecule has 1 aromatic rings. The van der Waals surface area contributed by atoms with Crippen molar-refractivity contribution in [3.8, 4) is 0 Å². The second kappa shape index (κ2) is 4.89. The van der Waals surface area contributed by atoms with E-state index in [4.69, 9.17) is 0 Å². The highest BCUT2D eigenvalue weighted by Crippen LogP contribution is 2.34. The highest BCUT2D eigenvalue weighted by Gasteiger charge is 2.12. The summed E-state index contributed by atoms with van der Waals surface area (Å²) in [6.45, 7) is 4.00. The van der Waals surface area contributed by atoms with Crippen LogP contribution in [0.4, 0.5) is 17.1 Å². The molecular formula is C11H18N3O. The lowest BCUT2D eigenvalue weighted by atomic mass is 10.0. The van der Waals surface area contributed by atoms with E-state index < -0.39 is 0 Å². The monoisotopic (exact) mass is 208 g/mol. The molecule has 0 aliphatic heterocycles. The van der Waals surface area contributed by atoms with Crippen molar-refractivity contribution >= 4 is 17.1 Å². The first-order valence-corrected chi connectivity index (χ1v) is 4.85. The van der Waals surface area contributed by atoms with Crippen LogP contribution in [0.3, 0.4) is 0 Å². The Bertz CT molecular complexity index is 350. The molecule has 0 aliphatic rings. The van der Waals surface area contributed by atoms with Gasteiger partial charge in [0, 0.05) is 38.0 Å². The molecule has 0 aliphatic carbocycles. The smallest absolute Gasteiger partial charge is 0.0703 e. The molecule has 1 rings (SSSR count). The number of benzene rings is 1. The molecule has 0 unspecified atom stereocenters. The second-order valence-corrected chi connectivity index (χ2v) is 3.22. The molecule has 0 amide bonds. The van der Waals surface area contributed by atoms with E-state index in [2.05, 4.69) is 22.9 Å². The molecule has 0 fully saturated rings. The summed E-state index contributed by atoms with van der Waals surface area (Å²) in [7, 11) is 5.50. The molecule has 4 N–H and O–H groups in total. The number of aliphatic hydroxyl groups excluding tert-OH is 1. The molecule has 1 aromatic carbocycles. The first-order chi connectivity index (χ1) is 7.19. The van der Waals surface area contributed by atoms with Crippen molar-refractivity contribution < 1.29 is 5.11 Å². The third kappa shape index (κ3) is 1.99. The lowest BCUT2D eigenvalue weighted by molar-refractivity contribution is 0.282. The van der Waals surface area contributed by atoms with Gasteiger partial charge in [-0.15, -0.1) is 0 Å². The average molecular weight is 208 g/mol. The third-order valence-corrected chi connectivity index (χ3v) is 2.46. The maximum absolute atomic E-state index is 9.26. The molecule has 0 bridgehead atoms. The van der Waals surface area contributed by atoms with Gasteiger partial charge < -0.3 is 21.1 Å². The predicted molar refractivity (Wildman–Crippen MR) is 65.5 cm³/mol. The summed E-state index contributed by atoms with van der Waals surface area (Å²) in [4.78, 5) is 0. The van der Waals surface area contributed by atoms with Crippen LogP contribution in [0.2, 0.25) is 0 Å². The van der Waals surface area contributed by atoms with E-state index >= 15 is 0 Å². The van der Waals surface area contributed by atoms with Crippen LogP contribution < -0.4 is 16.0 Å². The van der Waals surface area contributed by atoms with Crippen LogP contribution >= 0.6 is 0 Å². The van der Waals surface area contributed by atoms with Crippen LogP contribution in [-0.2, 0) is 6.61 Å². The van der Waals surface area contributed by atoms with E-state index in [1.165, 1.54) is 0 Å². The minimum atomic E-state index is -0.000185. The first kappa shape index (κ1) is 11.7. The van der Waals surface area contributed by atoms with Crippen LogP contribution in [0.5, 0.6) is 0 Å². The van der Waals surface area contributed by atoms with Crippen molar-refractivity contribution in [2.24, 2.45) is 0 Å². The number of hydrogen-bond acceptors (Lipinski definition) is 4. The molecule has 1 radical (unpaired) electrons. The summed E-state index contributed by atoms with van der Waals surface area (Å²) in [5, 5.41) is 18.5. The summed E-state index contributed by atoms with van der Waals surface area (Å²) in [6, 6.07) is 1.90. The molecular weight excluding hydrogens is 190 g/mol. The van der Waals surface area contributed by atoms with Gasteiger partial charge in [0.05, 0.1) is 18.0 Å². The molecule has 0 heterocycles. The number of nitrogens with one attached hydrogen (secondary N) is 3. The van der Waals surface area contributed by atoms with E-state index in [0.29, 0.717) is 0 Å². The lowest BCUT2D eigenvalue weighted by Crippen LogP contribution is -2.06. The maximum atomic E-state index is 9.26. The van der Waals surface area contributed by atoms with Crippen LogP contribution in [0.1, 0.15) is 11.1 Å². The fourth-order valence-corrected chi connectivity index (χ4v) is 1.69. The molecule has 0 saturated heterocycles. The van der Waals surface area contributed by atoms with E-state index in [1.807, 2.05) is 27.2 Å². The summed E-state index contributed by atoms with van der Waals surface area (Å²) >= 11 is 0. The summed E-state index contributed by atoms with van der Waals surface area (Å²) in [6.07, 6.45) is 0. The fourth-order valence-electron chi connectivity index (χ4n) is 1.69. The molecule has 0 atom stereocenters. The molecule has 0 spiro atoms. The van der Waals surface area contributed by atoms with E-state index in [-0.39, 0.29) is 6.61 Å². The highest BCUT2D eigenvalue weighted by atomic mass is 16.3. The van der Waals surface area contributed by atoms with E-state index in [1.54, 1.807) is 0 Å². The van der Waals surface area contributed by atoms with Gasteiger partial charge in [-0.25, -0.2) is 0 Å². The fraction of sp³-hybridized carbons (Fsp3) is 0.364. The minimum absolute atomic E-state index is 0.000185. The Hall–Kier alpha value is -1.42. The van der Waals surface area contributed by atoms with Crippen LogP contribution in [0, 0.1) is 6.92 Å². The molecule has 0 aromatic heterocycles. The third-order valence-electron chi connectivity index (χ3n) is 2.46. The van der Waals surface area contributed by atoms with Gasteiger partial charge in [0.2, 0.25) is 0 Å². The topological polar surface area (TPSA) is 56.3 Å². The van der Waals surface area contributed by atoms with Crippen LogP contribution in [-0.4, -0.2) is 26.2 Å². The number of hydrogen-bond donors (Lipinski definition) is 4. The Balaban J connectivity index is 3.43. The predicted octanol–water partition coefficient (Wildman–Crippen LogP) is 1.49. The van der Waals surface area contributed by atoms with Crippen LogP contribution in [0.25, 0.3) is 0 Å². The lowest BCUT2D eigenvalue weighted by Gasteiger charge is -2.19. The van der Waals surface area contributed by atoms with Crippen LogP contribution in [0.15, 0.2) is 6.07 Å². The number of aliphatic hydroxyl groups is 1. The largest absolute Gasteiger partial charge is 0.392 e. The van der Waals surface area contributed by atoms with Gasteiger partial charge in [-0.05, 0) is 13.0 Å². The molecule has 4 heteroatoms. The Kier molecular flexibility index (Phi) is 3.80. The summed E-state index contributed by atoms with van der Waals surface area (Å²) in [5.74, 6) is 0. The highest BCUT2D eigenvalue weighted by molar-refractivity contribution is 5.82. The molecule has 4 nitrogen and oxygen atoms in total. The van der Waals surface area contributed by atoms with Gasteiger partial charge in [-0.1, -0.05) is 0 Å². The van der Waals surface area contributed by atoms with Gasteiger partial charge in [0.25, 0.3) is 0 Å². The van der Waals surface area contributed by atoms with Gasteiger partial charge >= 0.3 is 0 Å². The second-order valence-electron chi connectivity index (χ2n) is 3.22. The normalized spacial score (nSPS) is 9.93. The molecule has 83 valence electrons. The first-order valence-electron chi connectivity index (χ1n) is 4.85. The average Bonchev–Trinajstić information content (AvgIpc) is 2.28. The Morgan fingerprint density at radius 2 is 1.73 bits per heavy atom. The Labute approximate surface area is 90.7 Å². The minimum Gasteiger partial charge on any atom is -0.392 e. The quantitative estimate of drug-likeness (QED) is 0.605. The van der Waals surface area contributed by atoms with Crippen molar-refractivity contribution in [3.63, 3.8) is 0 Å². The zero-order valence-corrected chi connectivity index (χ0v) is 9.44. The molecule has 0 saturated carbocycles. The Morgan fingerprint density at radius 3 is 2.13 bits per heavy atom. The van der Waals surface area contributed by atoms with Crippen molar-refractivity contribution in [1.29, 1.82) is 0 Å². The van der Waals surface area contributed by atoms with E-state index in [0.717, 1.165) is 28.2 Å². The maximum Gasteiger partial charge on any atom is 0.0703 e. The van der Waals surface area contributed by atoms with Gasteiger partial charge in [0.15, 0.2) is 0 Å². The van der Waals surface area contributed by atoms with Gasteiger partial charge in [-0.3, -0.25) is 0 Å². The van der Waals surface area contributed by atoms with E-state index in [9.17, 15) is 5.11 Å². The number of anilines is 3. The zero-order valence-electron chi connectivity index (χ0n) is 9.44. The molecule has 15 heavy (non-hydrogen) atoms. The SMILES string of the molecule is [CH2]c1c(NC)cc(CO)c(NC)c1NC. The van der Waals surface area contributed by atoms with Crippen molar-refractivity contribution in [1.82, 2.24) is 0 Å². The summed E-state index contributed by atoms with van der Waals surface area (Å²) < 4.78 is 0. The van der Waals surface area contributed by atoms with Crippen molar-refractivity contribution in [3.05, 3.63) is 24.1 Å².